The van der Waals surface area contributed by atoms with Gasteiger partial charge in [-0.25, -0.2) is 0 Å². The lowest BCUT2D eigenvalue weighted by Crippen LogP contribution is -2.63. The van der Waals surface area contributed by atoms with Gasteiger partial charge >= 0.3 is 0 Å². The summed E-state index contributed by atoms with van der Waals surface area (Å²) in [5.74, 6) is 0.352. The van der Waals surface area contributed by atoms with Crippen molar-refractivity contribution in [2.24, 2.45) is 0 Å². The Morgan fingerprint density at radius 1 is 1.26 bits per heavy atom. The number of aryl methyl sites for hydroxylation is 1. The third-order valence-electron chi connectivity index (χ3n) is 5.33. The Hall–Kier alpha value is -1.84. The van der Waals surface area contributed by atoms with Crippen LogP contribution in [0.4, 0.5) is 0 Å². The van der Waals surface area contributed by atoms with Gasteiger partial charge in [-0.1, -0.05) is 17.7 Å². The summed E-state index contributed by atoms with van der Waals surface area (Å²) in [5, 5.41) is 0. The second-order valence-electron chi connectivity index (χ2n) is 6.92. The van der Waals surface area contributed by atoms with Crippen LogP contribution in [0.25, 0.3) is 0 Å². The van der Waals surface area contributed by atoms with Crippen LogP contribution in [0, 0.1) is 6.92 Å². The van der Waals surface area contributed by atoms with Gasteiger partial charge in [0.25, 0.3) is 5.91 Å². The number of benzene rings is 1. The van der Waals surface area contributed by atoms with E-state index in [0.29, 0.717) is 13.0 Å². The summed E-state index contributed by atoms with van der Waals surface area (Å²) in [4.78, 5) is 29.2. The van der Waals surface area contributed by atoms with E-state index in [0.717, 1.165) is 49.9 Å². The zero-order valence-corrected chi connectivity index (χ0v) is 14.2. The zero-order valence-electron chi connectivity index (χ0n) is 14.2. The molecule has 0 saturated carbocycles. The first-order chi connectivity index (χ1) is 11.1. The Morgan fingerprint density at radius 3 is 2.78 bits per heavy atom. The predicted molar refractivity (Wildman–Crippen MR) is 90.3 cm³/mol. The molecular weight excluding hydrogens is 288 g/mol. The van der Waals surface area contributed by atoms with E-state index in [2.05, 4.69) is 0 Å². The van der Waals surface area contributed by atoms with Gasteiger partial charge in [0.15, 0.2) is 0 Å². The van der Waals surface area contributed by atoms with Gasteiger partial charge in [0, 0.05) is 31.6 Å². The number of hydrogen-bond acceptors (Lipinski definition) is 2. The van der Waals surface area contributed by atoms with Crippen molar-refractivity contribution in [2.45, 2.75) is 51.5 Å². The Bertz CT molecular complexity index is 609. The summed E-state index contributed by atoms with van der Waals surface area (Å²) in [7, 11) is 0. The van der Waals surface area contributed by atoms with E-state index in [9.17, 15) is 9.59 Å². The van der Waals surface area contributed by atoms with E-state index in [1.54, 1.807) is 0 Å². The van der Waals surface area contributed by atoms with Gasteiger partial charge in [-0.2, -0.15) is 0 Å². The lowest BCUT2D eigenvalue weighted by Gasteiger charge is -2.52. The first kappa shape index (κ1) is 16.0. The van der Waals surface area contributed by atoms with E-state index in [-0.39, 0.29) is 17.4 Å². The minimum Gasteiger partial charge on any atom is -0.336 e. The molecule has 2 heterocycles. The summed E-state index contributed by atoms with van der Waals surface area (Å²) < 4.78 is 0. The molecule has 124 valence electrons. The van der Waals surface area contributed by atoms with Crippen LogP contribution in [0.5, 0.6) is 0 Å². The molecule has 0 radical (unpaired) electrons. The topological polar surface area (TPSA) is 40.6 Å². The van der Waals surface area contributed by atoms with Gasteiger partial charge in [-0.15, -0.1) is 0 Å². The van der Waals surface area contributed by atoms with Crippen LogP contribution < -0.4 is 0 Å². The monoisotopic (exact) mass is 314 g/mol. The summed E-state index contributed by atoms with van der Waals surface area (Å²) in [6.07, 6.45) is 4.61. The lowest BCUT2D eigenvalue weighted by atomic mass is 9.79. The first-order valence-corrected chi connectivity index (χ1v) is 8.72. The van der Waals surface area contributed by atoms with Crippen LogP contribution in [0.15, 0.2) is 24.3 Å². The van der Waals surface area contributed by atoms with Crippen LogP contribution in [-0.4, -0.2) is 46.8 Å². The quantitative estimate of drug-likeness (QED) is 0.842. The highest BCUT2D eigenvalue weighted by molar-refractivity contribution is 5.94. The average molecular weight is 314 g/mol. The largest absolute Gasteiger partial charge is 0.336 e. The molecular formula is C19H26N2O2. The first-order valence-electron chi connectivity index (χ1n) is 8.72. The predicted octanol–water partition coefficient (Wildman–Crippen LogP) is 3.00. The van der Waals surface area contributed by atoms with Crippen molar-refractivity contribution in [3.8, 4) is 0 Å². The molecule has 1 atom stereocenters. The Labute approximate surface area is 138 Å². The van der Waals surface area contributed by atoms with Crippen molar-refractivity contribution in [1.82, 2.24) is 9.80 Å². The second-order valence-corrected chi connectivity index (χ2v) is 6.92. The Morgan fingerprint density at radius 2 is 2.04 bits per heavy atom. The number of nitrogens with zero attached hydrogens (tertiary/aromatic N) is 2. The van der Waals surface area contributed by atoms with Gasteiger partial charge in [0.05, 0.1) is 5.54 Å². The van der Waals surface area contributed by atoms with Crippen LogP contribution in [0.3, 0.4) is 0 Å². The maximum Gasteiger partial charge on any atom is 0.253 e. The smallest absolute Gasteiger partial charge is 0.253 e. The molecule has 0 unspecified atom stereocenters. The van der Waals surface area contributed by atoms with Crippen LogP contribution in [0.1, 0.15) is 54.9 Å². The fourth-order valence-electron chi connectivity index (χ4n) is 4.29. The number of hydrogen-bond donors (Lipinski definition) is 0. The molecule has 3 rings (SSSR count). The van der Waals surface area contributed by atoms with Crippen molar-refractivity contribution < 1.29 is 9.59 Å². The number of carbonyl (C=O) groups is 2. The average Bonchev–Trinajstić information content (AvgIpc) is 2.54. The maximum atomic E-state index is 12.9. The number of amides is 2. The molecule has 2 saturated heterocycles. The summed E-state index contributed by atoms with van der Waals surface area (Å²) in [6.45, 7) is 6.27. The summed E-state index contributed by atoms with van der Waals surface area (Å²) in [6, 6.07) is 7.78. The normalized spacial score (nSPS) is 25.0. The van der Waals surface area contributed by atoms with Crippen molar-refractivity contribution in [1.29, 1.82) is 0 Å². The molecule has 0 N–H and O–H groups in total. The van der Waals surface area contributed by atoms with E-state index in [4.69, 9.17) is 0 Å². The molecule has 1 aromatic rings. The number of carbonyl (C=O) groups excluding carboxylic acids is 2. The van der Waals surface area contributed by atoms with Gasteiger partial charge in [0.1, 0.15) is 0 Å². The molecule has 0 bridgehead atoms. The fourth-order valence-corrected chi connectivity index (χ4v) is 4.29. The van der Waals surface area contributed by atoms with Crippen molar-refractivity contribution in [3.05, 3.63) is 35.4 Å². The van der Waals surface area contributed by atoms with E-state index in [1.165, 1.54) is 0 Å². The third-order valence-corrected chi connectivity index (χ3v) is 5.33. The highest BCUT2D eigenvalue weighted by atomic mass is 16.2. The van der Waals surface area contributed by atoms with Crippen molar-refractivity contribution in [2.75, 3.05) is 19.6 Å². The Balaban J connectivity index is 1.82. The van der Waals surface area contributed by atoms with Crippen LogP contribution in [-0.2, 0) is 4.79 Å². The van der Waals surface area contributed by atoms with Gasteiger partial charge in [-0.05, 0) is 51.7 Å². The Kier molecular flexibility index (Phi) is 4.42. The van der Waals surface area contributed by atoms with E-state index in [1.807, 2.05) is 47.9 Å². The zero-order chi connectivity index (χ0) is 16.4. The van der Waals surface area contributed by atoms with Gasteiger partial charge in [0.2, 0.25) is 5.91 Å². The maximum absolute atomic E-state index is 12.9. The van der Waals surface area contributed by atoms with Gasteiger partial charge in [-0.3, -0.25) is 9.59 Å². The molecule has 2 fully saturated rings. The minimum atomic E-state index is -0.137. The highest BCUT2D eigenvalue weighted by Crippen LogP contribution is 2.36. The summed E-state index contributed by atoms with van der Waals surface area (Å²) in [5.41, 5.74) is 1.72. The molecule has 0 aromatic heterocycles. The van der Waals surface area contributed by atoms with Crippen molar-refractivity contribution >= 4 is 11.8 Å². The number of piperidine rings is 2. The second kappa shape index (κ2) is 6.34. The number of rotatable bonds is 2. The summed E-state index contributed by atoms with van der Waals surface area (Å²) >= 11 is 0. The molecule has 4 nitrogen and oxygen atoms in total. The molecule has 1 spiro atoms. The molecule has 2 aliphatic heterocycles. The number of likely N-dealkylation sites (N-methyl/N-ethyl adjacent to an activating group) is 1. The van der Waals surface area contributed by atoms with Crippen LogP contribution >= 0.6 is 0 Å². The highest BCUT2D eigenvalue weighted by Gasteiger charge is 2.45. The lowest BCUT2D eigenvalue weighted by molar-refractivity contribution is -0.144. The standard InChI is InChI=1S/C19H26N2O2/c1-3-21-17(22)9-5-10-19(21)11-6-12-20(14-19)18(23)16-8-4-7-15(2)13-16/h4,7-8,13H,3,5-6,9-12,14H2,1-2H3/t19-/m0/s1. The SMILES string of the molecule is CCN1C(=O)CCC[C@@]12CCCN(C(=O)c1cccc(C)c1)C2. The van der Waals surface area contributed by atoms with E-state index < -0.39 is 0 Å². The fraction of sp³-hybridized carbons (Fsp3) is 0.579. The van der Waals surface area contributed by atoms with Crippen LogP contribution in [0.2, 0.25) is 0 Å². The molecule has 23 heavy (non-hydrogen) atoms. The number of likely N-dealkylation sites (tertiary alicyclic amines) is 2. The molecule has 0 aliphatic carbocycles. The third kappa shape index (κ3) is 2.99. The van der Waals surface area contributed by atoms with Gasteiger partial charge < -0.3 is 9.80 Å². The molecule has 2 amide bonds. The minimum absolute atomic E-state index is 0.0989. The van der Waals surface area contributed by atoms with E-state index >= 15 is 0 Å². The van der Waals surface area contributed by atoms with Crippen molar-refractivity contribution in [3.63, 3.8) is 0 Å². The molecule has 1 aromatic carbocycles. The molecule has 4 heteroatoms. The molecule has 2 aliphatic rings.